The normalized spacial score (nSPS) is 11.2. The fourth-order valence-corrected chi connectivity index (χ4v) is 3.03. The van der Waals surface area contributed by atoms with Crippen molar-refractivity contribution in [2.75, 3.05) is 59.5 Å². The van der Waals surface area contributed by atoms with Gasteiger partial charge in [0.1, 0.15) is 0 Å². The Morgan fingerprint density at radius 2 is 0.839 bits per heavy atom. The van der Waals surface area contributed by atoms with Gasteiger partial charge in [-0.2, -0.15) is 0 Å². The van der Waals surface area contributed by atoms with Crippen LogP contribution in [0.2, 0.25) is 0 Å². The van der Waals surface area contributed by atoms with Gasteiger partial charge in [-0.05, 0) is 19.3 Å². The summed E-state index contributed by atoms with van der Waals surface area (Å²) in [5.74, 6) is -0.119. The van der Waals surface area contributed by atoms with Crippen molar-refractivity contribution in [2.45, 2.75) is 97.3 Å². The summed E-state index contributed by atoms with van der Waals surface area (Å²) < 4.78 is 27.2. The quantitative estimate of drug-likeness (QED) is 0.125. The van der Waals surface area contributed by atoms with E-state index in [1.165, 1.54) is 51.4 Å². The monoisotopic (exact) mass is 446 g/mol. The van der Waals surface area contributed by atoms with Crippen LogP contribution in [0.3, 0.4) is 0 Å². The average molecular weight is 447 g/mol. The van der Waals surface area contributed by atoms with Crippen LogP contribution in [0, 0.1) is 0 Å². The Hall–Kier alpha value is -0.690. The van der Waals surface area contributed by atoms with Gasteiger partial charge in [0.2, 0.25) is 0 Å². The summed E-state index contributed by atoms with van der Waals surface area (Å²) in [6.45, 7) is 9.85. The number of rotatable bonds is 26. The average Bonchev–Trinajstić information content (AvgIpc) is 2.77. The summed E-state index contributed by atoms with van der Waals surface area (Å²) in [6.07, 6.45) is 14.6. The molecule has 0 aliphatic heterocycles. The summed E-state index contributed by atoms with van der Waals surface area (Å²) in [5.41, 5.74) is 0. The highest BCUT2D eigenvalue weighted by Gasteiger charge is 2.02. The zero-order valence-corrected chi connectivity index (χ0v) is 20.5. The van der Waals surface area contributed by atoms with E-state index in [9.17, 15) is 4.79 Å². The SMILES string of the molecule is CCCCCCCCOC(=O)CCCOCCOCCOCCOCCCCCCC. The number of unbranched alkanes of at least 4 members (excludes halogenated alkanes) is 9. The second-order valence-electron chi connectivity index (χ2n) is 7.96. The van der Waals surface area contributed by atoms with E-state index >= 15 is 0 Å². The first kappa shape index (κ1) is 30.3. The fourth-order valence-electron chi connectivity index (χ4n) is 3.03. The first-order chi connectivity index (χ1) is 15.3. The largest absolute Gasteiger partial charge is 0.466 e. The van der Waals surface area contributed by atoms with Crippen molar-refractivity contribution in [3.8, 4) is 0 Å². The van der Waals surface area contributed by atoms with Crippen LogP contribution < -0.4 is 0 Å². The minimum absolute atomic E-state index is 0.119. The number of carbonyl (C=O) groups is 1. The van der Waals surface area contributed by atoms with E-state index in [1.807, 2.05) is 0 Å². The van der Waals surface area contributed by atoms with Crippen LogP contribution in [0.5, 0.6) is 0 Å². The lowest BCUT2D eigenvalue weighted by Gasteiger charge is -2.08. The third-order valence-electron chi connectivity index (χ3n) is 4.94. The highest BCUT2D eigenvalue weighted by Crippen LogP contribution is 2.05. The molecule has 0 radical (unpaired) electrons. The van der Waals surface area contributed by atoms with Gasteiger partial charge in [0.15, 0.2) is 0 Å². The van der Waals surface area contributed by atoms with Gasteiger partial charge in [-0.25, -0.2) is 0 Å². The molecule has 0 fully saturated rings. The van der Waals surface area contributed by atoms with Crippen molar-refractivity contribution in [1.82, 2.24) is 0 Å². The molecule has 0 aromatic heterocycles. The molecule has 0 aliphatic rings. The van der Waals surface area contributed by atoms with Crippen molar-refractivity contribution < 1.29 is 28.5 Å². The molecule has 6 nitrogen and oxygen atoms in total. The molecule has 0 rings (SSSR count). The standard InChI is InChI=1S/C25H50O6/c1-3-5-7-9-11-13-18-31-25(26)15-14-17-28-20-22-30-24-23-29-21-19-27-16-12-10-8-6-4-2/h3-24H2,1-2H3. The Morgan fingerprint density at radius 1 is 0.452 bits per heavy atom. The van der Waals surface area contributed by atoms with Gasteiger partial charge >= 0.3 is 5.97 Å². The second kappa shape index (κ2) is 27.3. The number of esters is 1. The summed E-state index contributed by atoms with van der Waals surface area (Å²) in [4.78, 5) is 11.6. The van der Waals surface area contributed by atoms with E-state index in [0.29, 0.717) is 65.7 Å². The van der Waals surface area contributed by atoms with Crippen molar-refractivity contribution in [2.24, 2.45) is 0 Å². The van der Waals surface area contributed by atoms with Crippen molar-refractivity contribution >= 4 is 5.97 Å². The molecule has 0 saturated carbocycles. The fraction of sp³-hybridized carbons (Fsp3) is 0.960. The number of hydrogen-bond donors (Lipinski definition) is 0. The molecule has 186 valence electrons. The predicted molar refractivity (Wildman–Crippen MR) is 126 cm³/mol. The summed E-state index contributed by atoms with van der Waals surface area (Å²) in [7, 11) is 0. The third-order valence-corrected chi connectivity index (χ3v) is 4.94. The zero-order chi connectivity index (χ0) is 22.7. The van der Waals surface area contributed by atoms with Gasteiger partial charge in [0.05, 0.1) is 46.2 Å². The maximum absolute atomic E-state index is 11.6. The smallest absolute Gasteiger partial charge is 0.305 e. The van der Waals surface area contributed by atoms with Gasteiger partial charge in [-0.15, -0.1) is 0 Å². The molecule has 6 heteroatoms. The second-order valence-corrected chi connectivity index (χ2v) is 7.96. The lowest BCUT2D eigenvalue weighted by Crippen LogP contribution is -2.12. The Morgan fingerprint density at radius 3 is 1.35 bits per heavy atom. The van der Waals surface area contributed by atoms with Crippen molar-refractivity contribution in [1.29, 1.82) is 0 Å². The molecule has 0 N–H and O–H groups in total. The zero-order valence-electron chi connectivity index (χ0n) is 20.5. The van der Waals surface area contributed by atoms with E-state index in [0.717, 1.165) is 25.9 Å². The molecule has 0 unspecified atom stereocenters. The van der Waals surface area contributed by atoms with Crippen LogP contribution in [0.1, 0.15) is 97.3 Å². The van der Waals surface area contributed by atoms with E-state index < -0.39 is 0 Å². The molecule has 0 heterocycles. The summed E-state index contributed by atoms with van der Waals surface area (Å²) in [6, 6.07) is 0. The van der Waals surface area contributed by atoms with Gasteiger partial charge in [-0.3, -0.25) is 4.79 Å². The van der Waals surface area contributed by atoms with E-state index in [-0.39, 0.29) is 5.97 Å². The number of ether oxygens (including phenoxy) is 5. The molecule has 0 amide bonds. The summed E-state index contributed by atoms with van der Waals surface area (Å²) in [5, 5.41) is 0. The van der Waals surface area contributed by atoms with Crippen molar-refractivity contribution in [3.05, 3.63) is 0 Å². The number of hydrogen-bond acceptors (Lipinski definition) is 6. The molecular weight excluding hydrogens is 396 g/mol. The molecule has 0 saturated heterocycles. The van der Waals surface area contributed by atoms with E-state index in [1.54, 1.807) is 0 Å². The molecule has 31 heavy (non-hydrogen) atoms. The highest BCUT2D eigenvalue weighted by atomic mass is 16.6. The molecule has 0 atom stereocenters. The molecule has 0 spiro atoms. The third kappa shape index (κ3) is 27.3. The van der Waals surface area contributed by atoms with Gasteiger partial charge in [0, 0.05) is 19.6 Å². The summed E-state index contributed by atoms with van der Waals surface area (Å²) >= 11 is 0. The van der Waals surface area contributed by atoms with Gasteiger partial charge < -0.3 is 23.7 Å². The maximum atomic E-state index is 11.6. The molecule has 0 aromatic carbocycles. The molecular formula is C25H50O6. The van der Waals surface area contributed by atoms with Crippen LogP contribution in [-0.4, -0.2) is 65.4 Å². The first-order valence-corrected chi connectivity index (χ1v) is 12.8. The topological polar surface area (TPSA) is 63.2 Å². The van der Waals surface area contributed by atoms with E-state index in [4.69, 9.17) is 23.7 Å². The molecule has 0 aromatic rings. The Labute approximate surface area is 191 Å². The Kier molecular flexibility index (Phi) is 26.7. The lowest BCUT2D eigenvalue weighted by atomic mass is 10.1. The van der Waals surface area contributed by atoms with Crippen LogP contribution in [-0.2, 0) is 28.5 Å². The molecule has 0 aliphatic carbocycles. The lowest BCUT2D eigenvalue weighted by molar-refractivity contribution is -0.144. The van der Waals surface area contributed by atoms with Gasteiger partial charge in [0.25, 0.3) is 0 Å². The van der Waals surface area contributed by atoms with Crippen LogP contribution in [0.25, 0.3) is 0 Å². The first-order valence-electron chi connectivity index (χ1n) is 12.8. The van der Waals surface area contributed by atoms with Crippen LogP contribution in [0.4, 0.5) is 0 Å². The Balaban J connectivity index is 3.11. The van der Waals surface area contributed by atoms with Gasteiger partial charge in [-0.1, -0.05) is 71.6 Å². The Bertz CT molecular complexity index is 351. The van der Waals surface area contributed by atoms with Crippen LogP contribution in [0.15, 0.2) is 0 Å². The molecule has 0 bridgehead atoms. The van der Waals surface area contributed by atoms with E-state index in [2.05, 4.69) is 13.8 Å². The predicted octanol–water partition coefficient (Wildman–Crippen LogP) is 5.71. The maximum Gasteiger partial charge on any atom is 0.305 e. The van der Waals surface area contributed by atoms with Crippen molar-refractivity contribution in [3.63, 3.8) is 0 Å². The number of carbonyl (C=O) groups excluding carboxylic acids is 1. The minimum atomic E-state index is -0.119. The minimum Gasteiger partial charge on any atom is -0.466 e. The highest BCUT2D eigenvalue weighted by molar-refractivity contribution is 5.69. The van der Waals surface area contributed by atoms with Crippen LogP contribution >= 0.6 is 0 Å².